The summed E-state index contributed by atoms with van der Waals surface area (Å²) >= 11 is 0. The Balaban J connectivity index is 2.21. The Morgan fingerprint density at radius 1 is 1.39 bits per heavy atom. The first-order chi connectivity index (χ1) is 8.65. The molecular formula is C13H22N4O. The van der Waals surface area contributed by atoms with Crippen LogP contribution in [0.1, 0.15) is 17.8 Å². The van der Waals surface area contributed by atoms with Crippen LogP contribution in [0.4, 0.5) is 11.6 Å². The van der Waals surface area contributed by atoms with E-state index in [1.807, 2.05) is 14.0 Å². The zero-order valence-electron chi connectivity index (χ0n) is 11.7. The molecule has 1 unspecified atom stereocenters. The monoisotopic (exact) mass is 250 g/mol. The molecule has 0 amide bonds. The molecule has 1 aliphatic rings. The molecule has 5 nitrogen and oxygen atoms in total. The zero-order chi connectivity index (χ0) is 13.1. The van der Waals surface area contributed by atoms with Gasteiger partial charge >= 0.3 is 0 Å². The van der Waals surface area contributed by atoms with Crippen LogP contribution < -0.4 is 10.2 Å². The van der Waals surface area contributed by atoms with Crippen LogP contribution in [-0.4, -0.2) is 43.8 Å². The van der Waals surface area contributed by atoms with E-state index in [-0.39, 0.29) is 0 Å². The van der Waals surface area contributed by atoms with Crippen LogP contribution in [0.5, 0.6) is 0 Å². The van der Waals surface area contributed by atoms with Gasteiger partial charge in [-0.15, -0.1) is 0 Å². The van der Waals surface area contributed by atoms with Crippen LogP contribution in [-0.2, 0) is 4.74 Å². The lowest BCUT2D eigenvalue weighted by atomic mass is 10.1. The second-order valence-electron chi connectivity index (χ2n) is 4.87. The number of ether oxygens (including phenoxy) is 1. The Kier molecular flexibility index (Phi) is 4.01. The highest BCUT2D eigenvalue weighted by atomic mass is 16.5. The normalized spacial score (nSPS) is 19.3. The van der Waals surface area contributed by atoms with Crippen molar-refractivity contribution in [3.8, 4) is 0 Å². The van der Waals surface area contributed by atoms with Crippen molar-refractivity contribution in [1.29, 1.82) is 0 Å². The average Bonchev–Trinajstić information content (AvgIpc) is 2.80. The maximum atomic E-state index is 5.24. The lowest BCUT2D eigenvalue weighted by Crippen LogP contribution is -2.24. The first-order valence-electron chi connectivity index (χ1n) is 6.42. The van der Waals surface area contributed by atoms with Gasteiger partial charge in [-0.2, -0.15) is 0 Å². The van der Waals surface area contributed by atoms with Gasteiger partial charge in [0.25, 0.3) is 0 Å². The number of nitrogens with one attached hydrogen (secondary N) is 1. The molecule has 0 bridgehead atoms. The van der Waals surface area contributed by atoms with Crippen LogP contribution in [0, 0.1) is 19.8 Å². The van der Waals surface area contributed by atoms with Gasteiger partial charge in [-0.25, -0.2) is 9.97 Å². The van der Waals surface area contributed by atoms with E-state index in [1.165, 1.54) is 6.42 Å². The summed E-state index contributed by atoms with van der Waals surface area (Å²) in [6.45, 7) is 6.91. The van der Waals surface area contributed by atoms with Crippen LogP contribution >= 0.6 is 0 Å². The third kappa shape index (κ3) is 2.56. The summed E-state index contributed by atoms with van der Waals surface area (Å²) in [5.41, 5.74) is 1.13. The second kappa shape index (κ2) is 5.52. The van der Waals surface area contributed by atoms with Gasteiger partial charge in [-0.1, -0.05) is 0 Å². The van der Waals surface area contributed by atoms with Crippen molar-refractivity contribution >= 4 is 11.6 Å². The fourth-order valence-corrected chi connectivity index (χ4v) is 2.56. The minimum atomic E-state index is 0.614. The molecule has 1 N–H and O–H groups in total. The predicted octanol–water partition coefficient (Wildman–Crippen LogP) is 1.61. The van der Waals surface area contributed by atoms with E-state index < -0.39 is 0 Å². The molecule has 2 heterocycles. The molecule has 0 radical (unpaired) electrons. The Morgan fingerprint density at radius 3 is 2.83 bits per heavy atom. The quantitative estimate of drug-likeness (QED) is 0.879. The summed E-state index contributed by atoms with van der Waals surface area (Å²) in [6.07, 6.45) is 1.17. The summed E-state index contributed by atoms with van der Waals surface area (Å²) in [4.78, 5) is 11.3. The topological polar surface area (TPSA) is 50.3 Å². The van der Waals surface area contributed by atoms with Crippen LogP contribution in [0.15, 0.2) is 0 Å². The third-order valence-electron chi connectivity index (χ3n) is 3.46. The standard InChI is InChI=1S/C13H22N4O/c1-9-12(14-3)15-10(2)16-13(9)17-6-5-11(7-17)8-18-4/h11H,5-8H2,1-4H3,(H,14,15,16). The van der Waals surface area contributed by atoms with E-state index in [0.29, 0.717) is 5.92 Å². The average molecular weight is 250 g/mol. The lowest BCUT2D eigenvalue weighted by Gasteiger charge is -2.21. The minimum absolute atomic E-state index is 0.614. The van der Waals surface area contributed by atoms with Gasteiger partial charge in [-0.3, -0.25) is 0 Å². The highest BCUT2D eigenvalue weighted by Gasteiger charge is 2.25. The summed E-state index contributed by atoms with van der Waals surface area (Å²) < 4.78 is 5.24. The molecule has 0 spiro atoms. The van der Waals surface area contributed by atoms with Crippen molar-refractivity contribution in [2.45, 2.75) is 20.3 Å². The maximum Gasteiger partial charge on any atom is 0.137 e. The number of anilines is 2. The fourth-order valence-electron chi connectivity index (χ4n) is 2.56. The SMILES string of the molecule is CNc1nc(C)nc(N2CCC(COC)C2)c1C. The van der Waals surface area contributed by atoms with Gasteiger partial charge in [0, 0.05) is 38.7 Å². The number of aromatic nitrogens is 2. The van der Waals surface area contributed by atoms with Crippen molar-refractivity contribution in [3.05, 3.63) is 11.4 Å². The molecule has 0 aromatic carbocycles. The summed E-state index contributed by atoms with van der Waals surface area (Å²) in [6, 6.07) is 0. The second-order valence-corrected chi connectivity index (χ2v) is 4.87. The molecule has 1 saturated heterocycles. The summed E-state index contributed by atoms with van der Waals surface area (Å²) in [7, 11) is 3.66. The molecule has 18 heavy (non-hydrogen) atoms. The lowest BCUT2D eigenvalue weighted by molar-refractivity contribution is 0.161. The van der Waals surface area contributed by atoms with Crippen molar-refractivity contribution in [2.24, 2.45) is 5.92 Å². The van der Waals surface area contributed by atoms with Gasteiger partial charge in [0.1, 0.15) is 17.5 Å². The van der Waals surface area contributed by atoms with Gasteiger partial charge in [0.2, 0.25) is 0 Å². The van der Waals surface area contributed by atoms with E-state index in [1.54, 1.807) is 7.11 Å². The molecule has 1 atom stereocenters. The van der Waals surface area contributed by atoms with E-state index in [2.05, 4.69) is 27.1 Å². The van der Waals surface area contributed by atoms with Gasteiger partial charge in [0.05, 0.1) is 6.61 Å². The third-order valence-corrected chi connectivity index (χ3v) is 3.46. The number of rotatable bonds is 4. The van der Waals surface area contributed by atoms with Crippen molar-refractivity contribution in [1.82, 2.24) is 9.97 Å². The number of nitrogens with zero attached hydrogens (tertiary/aromatic N) is 3. The Hall–Kier alpha value is -1.36. The Labute approximate surface area is 109 Å². The smallest absolute Gasteiger partial charge is 0.137 e. The maximum absolute atomic E-state index is 5.24. The molecule has 1 aromatic rings. The Morgan fingerprint density at radius 2 is 2.17 bits per heavy atom. The molecule has 2 rings (SSSR count). The molecule has 100 valence electrons. The largest absolute Gasteiger partial charge is 0.384 e. The number of hydrogen-bond donors (Lipinski definition) is 1. The van der Waals surface area contributed by atoms with Gasteiger partial charge in [-0.05, 0) is 20.3 Å². The van der Waals surface area contributed by atoms with E-state index in [0.717, 1.165) is 42.7 Å². The molecule has 5 heteroatoms. The predicted molar refractivity (Wildman–Crippen MR) is 73.2 cm³/mol. The van der Waals surface area contributed by atoms with Crippen LogP contribution in [0.25, 0.3) is 0 Å². The van der Waals surface area contributed by atoms with Crippen molar-refractivity contribution in [3.63, 3.8) is 0 Å². The van der Waals surface area contributed by atoms with E-state index >= 15 is 0 Å². The van der Waals surface area contributed by atoms with Crippen LogP contribution in [0.2, 0.25) is 0 Å². The molecule has 1 fully saturated rings. The molecule has 0 saturated carbocycles. The highest BCUT2D eigenvalue weighted by molar-refractivity contribution is 5.58. The number of hydrogen-bond acceptors (Lipinski definition) is 5. The Bertz CT molecular complexity index is 422. The molecular weight excluding hydrogens is 228 g/mol. The number of aryl methyl sites for hydroxylation is 1. The first-order valence-corrected chi connectivity index (χ1v) is 6.42. The van der Waals surface area contributed by atoms with Gasteiger partial charge < -0.3 is 15.0 Å². The molecule has 0 aliphatic carbocycles. The molecule has 1 aliphatic heterocycles. The van der Waals surface area contributed by atoms with E-state index in [9.17, 15) is 0 Å². The summed E-state index contributed by atoms with van der Waals surface area (Å²) in [5, 5.41) is 3.13. The number of methoxy groups -OCH3 is 1. The molecule has 1 aromatic heterocycles. The van der Waals surface area contributed by atoms with Crippen molar-refractivity contribution < 1.29 is 4.74 Å². The minimum Gasteiger partial charge on any atom is -0.384 e. The van der Waals surface area contributed by atoms with Crippen molar-refractivity contribution in [2.75, 3.05) is 44.1 Å². The highest BCUT2D eigenvalue weighted by Crippen LogP contribution is 2.28. The van der Waals surface area contributed by atoms with Crippen LogP contribution in [0.3, 0.4) is 0 Å². The zero-order valence-corrected chi connectivity index (χ0v) is 11.7. The summed E-state index contributed by atoms with van der Waals surface area (Å²) in [5.74, 6) is 3.41. The van der Waals surface area contributed by atoms with E-state index in [4.69, 9.17) is 4.74 Å². The first kappa shape index (κ1) is 13.1. The van der Waals surface area contributed by atoms with Gasteiger partial charge in [0.15, 0.2) is 0 Å². The fraction of sp³-hybridized carbons (Fsp3) is 0.692.